The SMILES string of the molecule is CC(C)CC(NC(=O)[C@H](Cc1ccc(C(F)(F)F)cc1)NC(=O)[C@H](CC(C)C)NC(=O)[C@H](CCc1ccccc1)N(C)C(=O)CN1CCOCC1)C(=O)[C@@]1(C)CO1. The molecule has 0 bridgehead atoms. The molecule has 314 valence electrons. The van der Waals surface area contributed by atoms with Gasteiger partial charge in [0.2, 0.25) is 23.6 Å². The lowest BCUT2D eigenvalue weighted by molar-refractivity contribution is -0.142. The van der Waals surface area contributed by atoms with Gasteiger partial charge in [-0.3, -0.25) is 28.9 Å². The summed E-state index contributed by atoms with van der Waals surface area (Å²) < 4.78 is 50.9. The second-order valence-electron chi connectivity index (χ2n) is 16.2. The summed E-state index contributed by atoms with van der Waals surface area (Å²) in [5.41, 5.74) is -0.612. The molecule has 0 radical (unpaired) electrons. The van der Waals surface area contributed by atoms with Crippen LogP contribution in [0.5, 0.6) is 0 Å². The number of carbonyl (C=O) groups excluding carboxylic acids is 5. The summed E-state index contributed by atoms with van der Waals surface area (Å²) in [4.78, 5) is 72.8. The van der Waals surface area contributed by atoms with Gasteiger partial charge in [0, 0.05) is 26.6 Å². The molecule has 4 amide bonds. The molecule has 12 nitrogen and oxygen atoms in total. The Morgan fingerprint density at radius 1 is 0.789 bits per heavy atom. The van der Waals surface area contributed by atoms with Crippen molar-refractivity contribution in [2.75, 3.05) is 46.5 Å². The summed E-state index contributed by atoms with van der Waals surface area (Å²) in [6.07, 6.45) is -3.56. The Labute approximate surface area is 333 Å². The van der Waals surface area contributed by atoms with Crippen molar-refractivity contribution < 1.29 is 46.6 Å². The highest BCUT2D eigenvalue weighted by Crippen LogP contribution is 2.31. The first-order valence-corrected chi connectivity index (χ1v) is 19.7. The standard InChI is InChI=1S/C42H58F3N5O7/c1-27(2)22-32(37(52)41(5)26-57-41)46-39(54)34(24-30-12-15-31(16-13-30)42(43,44)45)47-38(53)33(23-28(3)4)48-40(55)35(17-14-29-10-8-7-9-11-29)49(6)36(51)25-50-18-20-56-21-19-50/h7-13,15-16,27-28,32-35H,14,17-26H2,1-6H3,(H,46,54)(H,47,53)(H,48,55)/t32?,33-,34-,35-,41+/m0/s1. The Hall–Kier alpha value is -4.34. The van der Waals surface area contributed by atoms with Crippen LogP contribution in [0.25, 0.3) is 0 Å². The lowest BCUT2D eigenvalue weighted by atomic mass is 9.93. The minimum Gasteiger partial charge on any atom is -0.379 e. The molecule has 15 heteroatoms. The molecule has 2 aromatic carbocycles. The number of carbonyl (C=O) groups is 5. The van der Waals surface area contributed by atoms with Crippen LogP contribution in [-0.4, -0.2) is 115 Å². The fraction of sp³-hybridized carbons (Fsp3) is 0.595. The number of epoxide rings is 1. The summed E-state index contributed by atoms with van der Waals surface area (Å²) in [6, 6.07) is 9.43. The summed E-state index contributed by atoms with van der Waals surface area (Å²) >= 11 is 0. The van der Waals surface area contributed by atoms with Crippen molar-refractivity contribution in [3.8, 4) is 0 Å². The van der Waals surface area contributed by atoms with Crippen LogP contribution in [0.15, 0.2) is 54.6 Å². The van der Waals surface area contributed by atoms with Crippen LogP contribution in [-0.2, 0) is 52.5 Å². The van der Waals surface area contributed by atoms with Gasteiger partial charge in [0.15, 0.2) is 5.78 Å². The van der Waals surface area contributed by atoms with Crippen molar-refractivity contribution >= 4 is 29.4 Å². The maximum Gasteiger partial charge on any atom is 0.416 e. The minimum absolute atomic E-state index is 0.00362. The van der Waals surface area contributed by atoms with Crippen molar-refractivity contribution in [3.63, 3.8) is 0 Å². The minimum atomic E-state index is -4.57. The number of morpholine rings is 1. The number of ether oxygens (including phenoxy) is 2. The third kappa shape index (κ3) is 13.9. The molecule has 0 saturated carbocycles. The molecule has 2 heterocycles. The number of halogens is 3. The molecule has 4 rings (SSSR count). The van der Waals surface area contributed by atoms with E-state index in [1.165, 1.54) is 17.0 Å². The average molecular weight is 802 g/mol. The lowest BCUT2D eigenvalue weighted by Gasteiger charge is -2.33. The Balaban J connectivity index is 1.58. The summed E-state index contributed by atoms with van der Waals surface area (Å²) in [5.74, 6) is -2.63. The molecule has 2 aromatic rings. The summed E-state index contributed by atoms with van der Waals surface area (Å²) in [6.45, 7) is 11.6. The van der Waals surface area contributed by atoms with Crippen LogP contribution in [0.4, 0.5) is 13.2 Å². The number of hydrogen-bond acceptors (Lipinski definition) is 8. The van der Waals surface area contributed by atoms with Crippen LogP contribution in [0.3, 0.4) is 0 Å². The first-order chi connectivity index (χ1) is 26.9. The van der Waals surface area contributed by atoms with Gasteiger partial charge >= 0.3 is 6.18 Å². The molecule has 2 aliphatic rings. The van der Waals surface area contributed by atoms with Crippen LogP contribution in [0.1, 0.15) is 70.6 Å². The molecule has 57 heavy (non-hydrogen) atoms. The maximum absolute atomic E-state index is 14.2. The van der Waals surface area contributed by atoms with Gasteiger partial charge < -0.3 is 30.3 Å². The van der Waals surface area contributed by atoms with Crippen molar-refractivity contribution in [2.45, 2.75) is 103 Å². The molecule has 2 saturated heterocycles. The van der Waals surface area contributed by atoms with Crippen molar-refractivity contribution in [1.82, 2.24) is 25.8 Å². The first kappa shape index (κ1) is 45.4. The van der Waals surface area contributed by atoms with Crippen molar-refractivity contribution in [3.05, 3.63) is 71.3 Å². The van der Waals surface area contributed by atoms with Crippen LogP contribution < -0.4 is 16.0 Å². The fourth-order valence-corrected chi connectivity index (χ4v) is 6.80. The number of hydrogen-bond donors (Lipinski definition) is 3. The number of ketones is 1. The Bertz CT molecular complexity index is 1660. The van der Waals surface area contributed by atoms with Gasteiger partial charge in [-0.05, 0) is 67.7 Å². The van der Waals surface area contributed by atoms with E-state index >= 15 is 0 Å². The number of Topliss-reactive ketones (excluding diaryl/α,β-unsaturated/α-hetero) is 1. The number of likely N-dealkylation sites (N-methyl/N-ethyl adjacent to an activating group) is 1. The molecule has 0 aromatic heterocycles. The van der Waals surface area contributed by atoms with Gasteiger partial charge in [-0.25, -0.2) is 0 Å². The van der Waals surface area contributed by atoms with Crippen LogP contribution in [0.2, 0.25) is 0 Å². The monoisotopic (exact) mass is 801 g/mol. The first-order valence-electron chi connectivity index (χ1n) is 19.7. The molecule has 5 atom stereocenters. The predicted octanol–water partition coefficient (Wildman–Crippen LogP) is 3.94. The molecular weight excluding hydrogens is 743 g/mol. The average Bonchev–Trinajstić information content (AvgIpc) is 3.91. The lowest BCUT2D eigenvalue weighted by Crippen LogP contribution is -2.59. The molecule has 2 aliphatic heterocycles. The van der Waals surface area contributed by atoms with E-state index in [0.717, 1.165) is 17.7 Å². The van der Waals surface area contributed by atoms with E-state index in [4.69, 9.17) is 9.47 Å². The van der Waals surface area contributed by atoms with Crippen molar-refractivity contribution in [2.24, 2.45) is 11.8 Å². The Kier molecular flexibility index (Phi) is 16.2. The number of benzene rings is 2. The predicted molar refractivity (Wildman–Crippen MR) is 208 cm³/mol. The zero-order valence-electron chi connectivity index (χ0n) is 33.8. The number of nitrogens with one attached hydrogen (secondary N) is 3. The van der Waals surface area contributed by atoms with Gasteiger partial charge in [0.05, 0.1) is 38.0 Å². The van der Waals surface area contributed by atoms with E-state index < -0.39 is 59.2 Å². The summed E-state index contributed by atoms with van der Waals surface area (Å²) in [5, 5.41) is 8.39. The van der Waals surface area contributed by atoms with Gasteiger partial charge in [-0.1, -0.05) is 70.2 Å². The molecular formula is C42H58F3N5O7. The Morgan fingerprint density at radius 3 is 1.89 bits per heavy atom. The fourth-order valence-electron chi connectivity index (χ4n) is 6.80. The highest BCUT2D eigenvalue weighted by Gasteiger charge is 2.50. The molecule has 3 N–H and O–H groups in total. The largest absolute Gasteiger partial charge is 0.416 e. The third-order valence-electron chi connectivity index (χ3n) is 10.3. The van der Waals surface area contributed by atoms with E-state index in [9.17, 15) is 37.1 Å². The number of nitrogens with zero attached hydrogens (tertiary/aromatic N) is 2. The molecule has 1 unspecified atom stereocenters. The van der Waals surface area contributed by atoms with Gasteiger partial charge in [0.25, 0.3) is 0 Å². The number of aryl methyl sites for hydroxylation is 1. The van der Waals surface area contributed by atoms with E-state index in [1.807, 2.05) is 62.9 Å². The van der Waals surface area contributed by atoms with Crippen LogP contribution in [0, 0.1) is 11.8 Å². The number of alkyl halides is 3. The normalized spacial score (nSPS) is 19.3. The van der Waals surface area contributed by atoms with Crippen LogP contribution >= 0.6 is 0 Å². The third-order valence-corrected chi connectivity index (χ3v) is 10.3. The van der Waals surface area contributed by atoms with E-state index in [2.05, 4.69) is 16.0 Å². The highest BCUT2D eigenvalue weighted by molar-refractivity contribution is 5.98. The molecule has 0 spiro atoms. The van der Waals surface area contributed by atoms with E-state index in [-0.39, 0.29) is 55.9 Å². The maximum atomic E-state index is 14.2. The quantitative estimate of drug-likeness (QED) is 0.171. The van der Waals surface area contributed by atoms with Gasteiger partial charge in [-0.15, -0.1) is 0 Å². The zero-order valence-corrected chi connectivity index (χ0v) is 33.8. The van der Waals surface area contributed by atoms with Gasteiger partial charge in [-0.2, -0.15) is 13.2 Å². The number of rotatable bonds is 20. The van der Waals surface area contributed by atoms with Crippen molar-refractivity contribution in [1.29, 1.82) is 0 Å². The van der Waals surface area contributed by atoms with Gasteiger partial charge in [0.1, 0.15) is 23.7 Å². The summed E-state index contributed by atoms with van der Waals surface area (Å²) in [7, 11) is 1.57. The van der Waals surface area contributed by atoms with E-state index in [0.29, 0.717) is 44.7 Å². The van der Waals surface area contributed by atoms with E-state index in [1.54, 1.807) is 14.0 Å². The zero-order chi connectivity index (χ0) is 41.9. The highest BCUT2D eigenvalue weighted by atomic mass is 19.4. The second kappa shape index (κ2) is 20.4. The molecule has 2 fully saturated rings. The number of amides is 4. The Morgan fingerprint density at radius 2 is 1.33 bits per heavy atom. The molecule has 0 aliphatic carbocycles. The topological polar surface area (TPSA) is 150 Å². The smallest absolute Gasteiger partial charge is 0.379 e. The second-order valence-corrected chi connectivity index (χ2v) is 16.2.